The Bertz CT molecular complexity index is 623. The molecular formula is C10H9BrClN3O. The third-order valence-corrected chi connectivity index (χ3v) is 3.14. The zero-order valence-electron chi connectivity index (χ0n) is 8.79. The summed E-state index contributed by atoms with van der Waals surface area (Å²) in [6.07, 6.45) is 0.691. The lowest BCUT2D eigenvalue weighted by atomic mass is 10.3. The first kappa shape index (κ1) is 11.5. The molecule has 0 fully saturated rings. The summed E-state index contributed by atoms with van der Waals surface area (Å²) in [5, 5.41) is 0.758. The minimum absolute atomic E-state index is 0.105. The average molecular weight is 303 g/mol. The van der Waals surface area contributed by atoms with E-state index < -0.39 is 0 Å². The van der Waals surface area contributed by atoms with E-state index in [4.69, 9.17) is 11.6 Å². The minimum Gasteiger partial charge on any atom is -0.299 e. The summed E-state index contributed by atoms with van der Waals surface area (Å²) in [4.78, 5) is 20.4. The molecule has 0 saturated carbocycles. The van der Waals surface area contributed by atoms with E-state index in [9.17, 15) is 4.79 Å². The monoisotopic (exact) mass is 301 g/mol. The molecule has 0 spiro atoms. The van der Waals surface area contributed by atoms with Crippen LogP contribution in [0.5, 0.6) is 0 Å². The van der Waals surface area contributed by atoms with Crippen LogP contribution in [-0.2, 0) is 13.5 Å². The van der Waals surface area contributed by atoms with Crippen LogP contribution in [0.3, 0.4) is 0 Å². The Kier molecular flexibility index (Phi) is 2.99. The van der Waals surface area contributed by atoms with Crippen molar-refractivity contribution in [3.63, 3.8) is 0 Å². The van der Waals surface area contributed by atoms with Gasteiger partial charge in [0.1, 0.15) is 21.1 Å². The lowest BCUT2D eigenvalue weighted by Gasteiger charge is -2.07. The second-order valence-corrected chi connectivity index (χ2v) is 4.52. The zero-order valence-corrected chi connectivity index (χ0v) is 11.1. The number of hydrogen-bond acceptors (Lipinski definition) is 3. The highest BCUT2D eigenvalue weighted by Gasteiger charge is 2.11. The zero-order chi connectivity index (χ0) is 11.9. The van der Waals surface area contributed by atoms with Gasteiger partial charge in [-0.3, -0.25) is 9.36 Å². The van der Waals surface area contributed by atoms with Crippen LogP contribution in [0.4, 0.5) is 0 Å². The van der Waals surface area contributed by atoms with Gasteiger partial charge in [-0.25, -0.2) is 9.97 Å². The Balaban J connectivity index is 2.99. The fourth-order valence-electron chi connectivity index (χ4n) is 1.57. The molecule has 6 heteroatoms. The van der Waals surface area contributed by atoms with Gasteiger partial charge in [-0.05, 0) is 22.0 Å². The van der Waals surface area contributed by atoms with Crippen LogP contribution in [0.1, 0.15) is 12.7 Å². The van der Waals surface area contributed by atoms with E-state index in [2.05, 4.69) is 25.9 Å². The molecule has 0 aliphatic heterocycles. The number of rotatable bonds is 1. The van der Waals surface area contributed by atoms with E-state index in [1.807, 2.05) is 6.92 Å². The molecule has 0 saturated heterocycles. The molecule has 4 nitrogen and oxygen atoms in total. The van der Waals surface area contributed by atoms with E-state index >= 15 is 0 Å². The molecule has 16 heavy (non-hydrogen) atoms. The minimum atomic E-state index is -0.105. The second kappa shape index (κ2) is 4.14. The predicted octanol–water partition coefficient (Wildman–Crippen LogP) is 2.31. The molecule has 2 aromatic rings. The highest BCUT2D eigenvalue weighted by molar-refractivity contribution is 9.10. The van der Waals surface area contributed by atoms with Crippen molar-refractivity contribution in [1.82, 2.24) is 14.5 Å². The van der Waals surface area contributed by atoms with Crippen molar-refractivity contribution < 1.29 is 0 Å². The first-order valence-electron chi connectivity index (χ1n) is 4.76. The summed E-state index contributed by atoms with van der Waals surface area (Å²) < 4.78 is 2.04. The maximum absolute atomic E-state index is 12.0. The Labute approximate surface area is 105 Å². The maximum Gasteiger partial charge on any atom is 0.261 e. The van der Waals surface area contributed by atoms with Crippen molar-refractivity contribution in [2.75, 3.05) is 0 Å². The molecule has 0 unspecified atom stereocenters. The SMILES string of the molecule is CCc1nc2c(Br)nc(Cl)cc2c(=O)n1C. The molecule has 84 valence electrons. The first-order valence-corrected chi connectivity index (χ1v) is 5.93. The number of aryl methyl sites for hydroxylation is 1. The van der Waals surface area contributed by atoms with Crippen molar-refractivity contribution in [2.45, 2.75) is 13.3 Å². The summed E-state index contributed by atoms with van der Waals surface area (Å²) >= 11 is 9.07. The van der Waals surface area contributed by atoms with Gasteiger partial charge in [0.15, 0.2) is 0 Å². The van der Waals surface area contributed by atoms with Crippen LogP contribution >= 0.6 is 27.5 Å². The van der Waals surface area contributed by atoms with Crippen molar-refractivity contribution >= 4 is 38.4 Å². The van der Waals surface area contributed by atoms with Gasteiger partial charge in [-0.2, -0.15) is 0 Å². The summed E-state index contributed by atoms with van der Waals surface area (Å²) in [6, 6.07) is 1.54. The molecular weight excluding hydrogens is 293 g/mol. The van der Waals surface area contributed by atoms with Crippen molar-refractivity contribution in [3.8, 4) is 0 Å². The topological polar surface area (TPSA) is 47.8 Å². The summed E-state index contributed by atoms with van der Waals surface area (Å²) in [6.45, 7) is 1.95. The number of fused-ring (bicyclic) bond motifs is 1. The van der Waals surface area contributed by atoms with Gasteiger partial charge in [-0.1, -0.05) is 18.5 Å². The van der Waals surface area contributed by atoms with Crippen molar-refractivity contribution in [1.29, 1.82) is 0 Å². The fourth-order valence-corrected chi connectivity index (χ4v) is 2.35. The molecule has 0 N–H and O–H groups in total. The quantitative estimate of drug-likeness (QED) is 0.760. The lowest BCUT2D eigenvalue weighted by Crippen LogP contribution is -2.22. The maximum atomic E-state index is 12.0. The molecule has 0 amide bonds. The van der Waals surface area contributed by atoms with E-state index in [1.165, 1.54) is 10.6 Å². The third-order valence-electron chi connectivity index (χ3n) is 2.40. The molecule has 0 radical (unpaired) electrons. The van der Waals surface area contributed by atoms with Crippen LogP contribution < -0.4 is 5.56 Å². The van der Waals surface area contributed by atoms with Gasteiger partial charge >= 0.3 is 0 Å². The van der Waals surface area contributed by atoms with Crippen LogP contribution in [0, 0.1) is 0 Å². The molecule has 0 aliphatic rings. The molecule has 0 aliphatic carbocycles. The molecule has 2 heterocycles. The highest BCUT2D eigenvalue weighted by Crippen LogP contribution is 2.21. The van der Waals surface area contributed by atoms with Crippen LogP contribution in [0.2, 0.25) is 5.15 Å². The Hall–Kier alpha value is -0.940. The van der Waals surface area contributed by atoms with Gasteiger partial charge in [0, 0.05) is 13.5 Å². The Morgan fingerprint density at radius 3 is 2.81 bits per heavy atom. The van der Waals surface area contributed by atoms with Crippen molar-refractivity contribution in [2.24, 2.45) is 7.05 Å². The van der Waals surface area contributed by atoms with Gasteiger partial charge in [-0.15, -0.1) is 0 Å². The van der Waals surface area contributed by atoms with Crippen LogP contribution in [0.25, 0.3) is 10.9 Å². The van der Waals surface area contributed by atoms with Gasteiger partial charge in [0.05, 0.1) is 5.39 Å². The van der Waals surface area contributed by atoms with Gasteiger partial charge in [0.25, 0.3) is 5.56 Å². The number of halogens is 2. The van der Waals surface area contributed by atoms with Crippen molar-refractivity contribution in [3.05, 3.63) is 32.0 Å². The molecule has 0 bridgehead atoms. The van der Waals surface area contributed by atoms with Crippen LogP contribution in [0.15, 0.2) is 15.5 Å². The molecule has 0 atom stereocenters. The molecule has 2 rings (SSSR count). The number of aromatic nitrogens is 3. The predicted molar refractivity (Wildman–Crippen MR) is 66.9 cm³/mol. The normalized spacial score (nSPS) is 11.0. The molecule has 2 aromatic heterocycles. The van der Waals surface area contributed by atoms with E-state index in [-0.39, 0.29) is 10.7 Å². The lowest BCUT2D eigenvalue weighted by molar-refractivity contribution is 0.751. The smallest absolute Gasteiger partial charge is 0.261 e. The van der Waals surface area contributed by atoms with E-state index in [0.717, 1.165) is 5.82 Å². The Morgan fingerprint density at radius 1 is 1.50 bits per heavy atom. The van der Waals surface area contributed by atoms with E-state index in [1.54, 1.807) is 7.05 Å². The fraction of sp³-hybridized carbons (Fsp3) is 0.300. The summed E-state index contributed by atoms with van der Waals surface area (Å²) in [5.74, 6) is 0.724. The third kappa shape index (κ3) is 1.74. The molecule has 0 aromatic carbocycles. The summed E-state index contributed by atoms with van der Waals surface area (Å²) in [7, 11) is 1.70. The van der Waals surface area contributed by atoms with Gasteiger partial charge in [0.2, 0.25) is 0 Å². The largest absolute Gasteiger partial charge is 0.299 e. The first-order chi connectivity index (χ1) is 7.54. The van der Waals surface area contributed by atoms with Crippen LogP contribution in [-0.4, -0.2) is 14.5 Å². The average Bonchev–Trinajstić information content (AvgIpc) is 2.24. The number of nitrogens with zero attached hydrogens (tertiary/aromatic N) is 3. The number of hydrogen-bond donors (Lipinski definition) is 0. The second-order valence-electron chi connectivity index (χ2n) is 3.38. The van der Waals surface area contributed by atoms with E-state index in [0.29, 0.717) is 21.9 Å². The highest BCUT2D eigenvalue weighted by atomic mass is 79.9. The summed E-state index contributed by atoms with van der Waals surface area (Å²) in [5.41, 5.74) is 0.455. The van der Waals surface area contributed by atoms with Gasteiger partial charge < -0.3 is 0 Å². The number of pyridine rings is 1. The standard InChI is InChI=1S/C10H9BrClN3O/c1-3-7-14-8-5(10(16)15(7)2)4-6(12)13-9(8)11/h4H,3H2,1-2H3. The Morgan fingerprint density at radius 2 is 2.19 bits per heavy atom.